The molecule has 0 unspecified atom stereocenters. The Kier molecular flexibility index (Phi) is 5.56. The van der Waals surface area contributed by atoms with Gasteiger partial charge in [0.25, 0.3) is 0 Å². The molecule has 0 aliphatic carbocycles. The highest BCUT2D eigenvalue weighted by Crippen LogP contribution is 2.33. The summed E-state index contributed by atoms with van der Waals surface area (Å²) in [4.78, 5) is 31.2. The van der Waals surface area contributed by atoms with Crippen molar-refractivity contribution in [2.24, 2.45) is 0 Å². The number of imidazole rings is 1. The quantitative estimate of drug-likeness (QED) is 0.815. The number of ether oxygens (including phenoxy) is 1. The molecule has 0 saturated carbocycles. The number of nitrogens with one attached hydrogen (secondary N) is 1. The summed E-state index contributed by atoms with van der Waals surface area (Å²) in [6.07, 6.45) is 4.10. The van der Waals surface area contributed by atoms with Crippen molar-refractivity contribution in [3.63, 3.8) is 0 Å². The van der Waals surface area contributed by atoms with E-state index in [1.165, 1.54) is 0 Å². The highest BCUT2D eigenvalue weighted by Gasteiger charge is 2.44. The number of amides is 2. The SMILES string of the molecule is CNC(=O)C[C@@]1(COC)CCCN1C(=O)CCn1cnc2ccccc21. The van der Waals surface area contributed by atoms with Crippen molar-refractivity contribution in [3.8, 4) is 0 Å². The van der Waals surface area contributed by atoms with E-state index in [9.17, 15) is 9.59 Å². The molecule has 7 nitrogen and oxygen atoms in total. The highest BCUT2D eigenvalue weighted by atomic mass is 16.5. The molecule has 0 spiro atoms. The average molecular weight is 358 g/mol. The van der Waals surface area contributed by atoms with Crippen LogP contribution >= 0.6 is 0 Å². The Morgan fingerprint density at radius 2 is 2.15 bits per heavy atom. The largest absolute Gasteiger partial charge is 0.382 e. The van der Waals surface area contributed by atoms with Crippen LogP contribution in [0.4, 0.5) is 0 Å². The van der Waals surface area contributed by atoms with Crippen molar-refractivity contribution < 1.29 is 14.3 Å². The minimum absolute atomic E-state index is 0.0567. The molecular formula is C19H26N4O3. The van der Waals surface area contributed by atoms with Crippen LogP contribution in [-0.4, -0.2) is 59.1 Å². The molecule has 26 heavy (non-hydrogen) atoms. The van der Waals surface area contributed by atoms with Gasteiger partial charge in [-0.15, -0.1) is 0 Å². The number of carbonyl (C=O) groups excluding carboxylic acids is 2. The van der Waals surface area contributed by atoms with Gasteiger partial charge in [0.05, 0.1) is 35.9 Å². The van der Waals surface area contributed by atoms with Gasteiger partial charge in [-0.25, -0.2) is 4.98 Å². The first-order valence-electron chi connectivity index (χ1n) is 8.99. The third-order valence-electron chi connectivity index (χ3n) is 5.17. The maximum atomic E-state index is 12.9. The van der Waals surface area contributed by atoms with Gasteiger partial charge in [0.15, 0.2) is 0 Å². The lowest BCUT2D eigenvalue weighted by molar-refractivity contribution is -0.139. The summed E-state index contributed by atoms with van der Waals surface area (Å²) >= 11 is 0. The van der Waals surface area contributed by atoms with Gasteiger partial charge in [-0.2, -0.15) is 0 Å². The summed E-state index contributed by atoms with van der Waals surface area (Å²) in [5.74, 6) is -0.0106. The first-order chi connectivity index (χ1) is 12.6. The van der Waals surface area contributed by atoms with Crippen molar-refractivity contribution in [3.05, 3.63) is 30.6 Å². The number of fused-ring (bicyclic) bond motifs is 1. The molecule has 3 rings (SSSR count). The highest BCUT2D eigenvalue weighted by molar-refractivity contribution is 5.81. The van der Waals surface area contributed by atoms with E-state index in [0.29, 0.717) is 26.1 Å². The molecule has 2 aromatic rings. The predicted octanol–water partition coefficient (Wildman–Crippen LogP) is 1.57. The first-order valence-corrected chi connectivity index (χ1v) is 8.99. The summed E-state index contributed by atoms with van der Waals surface area (Å²) in [5, 5.41) is 2.66. The van der Waals surface area contributed by atoms with Crippen molar-refractivity contribution >= 4 is 22.8 Å². The van der Waals surface area contributed by atoms with Gasteiger partial charge in [0, 0.05) is 33.7 Å². The van der Waals surface area contributed by atoms with E-state index in [2.05, 4.69) is 10.3 Å². The number of benzene rings is 1. The van der Waals surface area contributed by atoms with Gasteiger partial charge in [0.2, 0.25) is 11.8 Å². The van der Waals surface area contributed by atoms with E-state index in [0.717, 1.165) is 23.9 Å². The number of rotatable bonds is 7. The van der Waals surface area contributed by atoms with Gasteiger partial charge >= 0.3 is 0 Å². The van der Waals surface area contributed by atoms with Crippen LogP contribution in [0, 0.1) is 0 Å². The Labute approximate surface area is 153 Å². The van der Waals surface area contributed by atoms with Crippen molar-refractivity contribution in [1.29, 1.82) is 0 Å². The number of aryl methyl sites for hydroxylation is 1. The van der Waals surface area contributed by atoms with Gasteiger partial charge in [-0.05, 0) is 25.0 Å². The molecule has 0 bridgehead atoms. The molecule has 1 atom stereocenters. The number of methoxy groups -OCH3 is 1. The molecule has 1 aliphatic rings. The van der Waals surface area contributed by atoms with Gasteiger partial charge in [0.1, 0.15) is 0 Å². The van der Waals surface area contributed by atoms with Gasteiger partial charge in [-0.3, -0.25) is 9.59 Å². The second kappa shape index (κ2) is 7.86. The fourth-order valence-electron chi connectivity index (χ4n) is 3.91. The molecule has 1 N–H and O–H groups in total. The molecule has 1 saturated heterocycles. The molecule has 1 aromatic carbocycles. The van der Waals surface area contributed by atoms with E-state index < -0.39 is 5.54 Å². The van der Waals surface area contributed by atoms with Crippen LogP contribution in [0.5, 0.6) is 0 Å². The van der Waals surface area contributed by atoms with Crippen LogP contribution in [0.25, 0.3) is 11.0 Å². The summed E-state index contributed by atoms with van der Waals surface area (Å²) in [7, 11) is 3.23. The van der Waals surface area contributed by atoms with Crippen LogP contribution in [0.1, 0.15) is 25.7 Å². The minimum Gasteiger partial charge on any atom is -0.382 e. The summed E-state index contributed by atoms with van der Waals surface area (Å²) in [5.41, 5.74) is 1.41. The van der Waals surface area contributed by atoms with E-state index in [4.69, 9.17) is 4.74 Å². The maximum absolute atomic E-state index is 12.9. The summed E-state index contributed by atoms with van der Waals surface area (Å²) in [6.45, 7) is 1.61. The number of nitrogens with zero attached hydrogens (tertiary/aromatic N) is 3. The van der Waals surface area contributed by atoms with E-state index in [-0.39, 0.29) is 18.2 Å². The molecule has 2 heterocycles. The lowest BCUT2D eigenvalue weighted by Crippen LogP contribution is -2.53. The van der Waals surface area contributed by atoms with E-state index in [1.807, 2.05) is 33.7 Å². The Morgan fingerprint density at radius 1 is 1.35 bits per heavy atom. The van der Waals surface area contributed by atoms with Gasteiger partial charge < -0.3 is 19.5 Å². The Balaban J connectivity index is 1.71. The van der Waals surface area contributed by atoms with Crippen molar-refractivity contribution in [2.45, 2.75) is 37.8 Å². The fraction of sp³-hybridized carbons (Fsp3) is 0.526. The third kappa shape index (κ3) is 3.58. The number of hydrogen-bond donors (Lipinski definition) is 1. The molecule has 1 aromatic heterocycles. The smallest absolute Gasteiger partial charge is 0.224 e. The molecule has 1 fully saturated rings. The lowest BCUT2D eigenvalue weighted by atomic mass is 9.92. The van der Waals surface area contributed by atoms with Gasteiger partial charge in [-0.1, -0.05) is 12.1 Å². The van der Waals surface area contributed by atoms with Crippen LogP contribution in [0.3, 0.4) is 0 Å². The normalized spacial score (nSPS) is 19.8. The van der Waals surface area contributed by atoms with Crippen LogP contribution in [-0.2, 0) is 20.9 Å². The zero-order valence-corrected chi connectivity index (χ0v) is 15.4. The number of carbonyl (C=O) groups is 2. The minimum atomic E-state index is -0.539. The van der Waals surface area contributed by atoms with E-state index in [1.54, 1.807) is 20.5 Å². The predicted molar refractivity (Wildman–Crippen MR) is 98.6 cm³/mol. The summed E-state index contributed by atoms with van der Waals surface area (Å²) in [6, 6.07) is 7.88. The fourth-order valence-corrected chi connectivity index (χ4v) is 3.91. The molecule has 0 radical (unpaired) electrons. The van der Waals surface area contributed by atoms with Crippen molar-refractivity contribution in [2.75, 3.05) is 27.3 Å². The van der Waals surface area contributed by atoms with E-state index >= 15 is 0 Å². The monoisotopic (exact) mass is 358 g/mol. The number of likely N-dealkylation sites (tertiary alicyclic amines) is 1. The zero-order valence-electron chi connectivity index (χ0n) is 15.4. The molecule has 2 amide bonds. The number of hydrogen-bond acceptors (Lipinski definition) is 4. The Morgan fingerprint density at radius 3 is 2.92 bits per heavy atom. The molecule has 140 valence electrons. The summed E-state index contributed by atoms with van der Waals surface area (Å²) < 4.78 is 7.37. The topological polar surface area (TPSA) is 76.5 Å². The zero-order chi connectivity index (χ0) is 18.6. The van der Waals surface area contributed by atoms with Crippen molar-refractivity contribution in [1.82, 2.24) is 19.8 Å². The second-order valence-electron chi connectivity index (χ2n) is 6.83. The first kappa shape index (κ1) is 18.4. The Bertz CT molecular complexity index is 788. The molecule has 1 aliphatic heterocycles. The van der Waals surface area contributed by atoms with Crippen LogP contribution < -0.4 is 5.32 Å². The number of aromatic nitrogens is 2. The third-order valence-corrected chi connectivity index (χ3v) is 5.17. The number of para-hydroxylation sites is 2. The standard InChI is InChI=1S/C19H26N4O3/c1-20-17(24)12-19(13-26-2)9-5-10-23(19)18(25)8-11-22-14-21-15-6-3-4-7-16(15)22/h3-4,6-7,14H,5,8-13H2,1-2H3,(H,20,24)/t19-/m1/s1. The second-order valence-corrected chi connectivity index (χ2v) is 6.83. The lowest BCUT2D eigenvalue weighted by Gasteiger charge is -2.37. The molecular weight excluding hydrogens is 332 g/mol. The van der Waals surface area contributed by atoms with Crippen LogP contribution in [0.2, 0.25) is 0 Å². The average Bonchev–Trinajstić information content (AvgIpc) is 3.24. The molecule has 7 heteroatoms. The maximum Gasteiger partial charge on any atom is 0.224 e. The Hall–Kier alpha value is -2.41. The van der Waals surface area contributed by atoms with Crippen LogP contribution in [0.15, 0.2) is 30.6 Å².